The third kappa shape index (κ3) is 5.24. The van der Waals surface area contributed by atoms with Gasteiger partial charge in [-0.1, -0.05) is 12.8 Å². The van der Waals surface area contributed by atoms with Crippen molar-refractivity contribution in [1.29, 1.82) is 0 Å². The lowest BCUT2D eigenvalue weighted by Gasteiger charge is -2.29. The largest absolute Gasteiger partial charge is 0.391 e. The van der Waals surface area contributed by atoms with E-state index in [1.54, 1.807) is 0 Å². The average molecular weight is 298 g/mol. The van der Waals surface area contributed by atoms with Crippen LogP contribution in [-0.2, 0) is 9.53 Å². The molecule has 2 N–H and O–H groups in total. The van der Waals surface area contributed by atoms with E-state index in [9.17, 15) is 9.90 Å². The second kappa shape index (κ2) is 8.71. The lowest BCUT2D eigenvalue weighted by Crippen LogP contribution is -2.48. The first-order valence-electron chi connectivity index (χ1n) is 8.46. The summed E-state index contributed by atoms with van der Waals surface area (Å²) in [5, 5.41) is 13.1. The second-order valence-electron chi connectivity index (χ2n) is 6.39. The molecule has 0 aliphatic carbocycles. The Hall–Kier alpha value is -0.650. The van der Waals surface area contributed by atoms with Crippen molar-refractivity contribution in [2.75, 3.05) is 32.8 Å². The zero-order chi connectivity index (χ0) is 15.1. The lowest BCUT2D eigenvalue weighted by molar-refractivity contribution is -0.126. The van der Waals surface area contributed by atoms with Crippen LogP contribution in [0.1, 0.15) is 45.4 Å². The molecule has 2 unspecified atom stereocenters. The molecule has 5 heteroatoms. The summed E-state index contributed by atoms with van der Waals surface area (Å²) in [4.78, 5) is 14.5. The summed E-state index contributed by atoms with van der Waals surface area (Å²) < 4.78 is 5.30. The molecule has 0 spiro atoms. The number of hydrogen-bond donors (Lipinski definition) is 2. The maximum atomic E-state index is 12.3. The van der Waals surface area contributed by atoms with E-state index < -0.39 is 6.10 Å². The van der Waals surface area contributed by atoms with Gasteiger partial charge in [0.1, 0.15) is 0 Å². The van der Waals surface area contributed by atoms with Crippen molar-refractivity contribution in [2.24, 2.45) is 5.92 Å². The minimum absolute atomic E-state index is 0.0445. The molecule has 2 saturated heterocycles. The smallest absolute Gasteiger partial charge is 0.237 e. The Morgan fingerprint density at radius 2 is 1.86 bits per heavy atom. The van der Waals surface area contributed by atoms with Gasteiger partial charge in [-0.15, -0.1) is 0 Å². The Morgan fingerprint density at radius 3 is 2.48 bits per heavy atom. The predicted molar refractivity (Wildman–Crippen MR) is 82.1 cm³/mol. The van der Waals surface area contributed by atoms with Gasteiger partial charge in [-0.25, -0.2) is 0 Å². The van der Waals surface area contributed by atoms with Crippen molar-refractivity contribution in [1.82, 2.24) is 10.2 Å². The highest BCUT2D eigenvalue weighted by Crippen LogP contribution is 2.18. The van der Waals surface area contributed by atoms with E-state index in [0.717, 1.165) is 39.1 Å². The third-order valence-electron chi connectivity index (χ3n) is 4.86. The van der Waals surface area contributed by atoms with E-state index in [-0.39, 0.29) is 17.9 Å². The number of hydrogen-bond acceptors (Lipinski definition) is 4. The number of aliphatic hydroxyl groups excluding tert-OH is 1. The minimum atomic E-state index is -0.450. The van der Waals surface area contributed by atoms with Crippen molar-refractivity contribution in [3.8, 4) is 0 Å². The molecule has 0 saturated carbocycles. The molecule has 2 fully saturated rings. The quantitative estimate of drug-likeness (QED) is 0.799. The van der Waals surface area contributed by atoms with Crippen molar-refractivity contribution in [2.45, 2.75) is 57.6 Å². The van der Waals surface area contributed by atoms with Gasteiger partial charge >= 0.3 is 0 Å². The van der Waals surface area contributed by atoms with Crippen LogP contribution in [0.3, 0.4) is 0 Å². The molecular formula is C16H30N2O3. The summed E-state index contributed by atoms with van der Waals surface area (Å²) in [6.45, 7) is 5.80. The monoisotopic (exact) mass is 298 g/mol. The van der Waals surface area contributed by atoms with Gasteiger partial charge < -0.3 is 15.2 Å². The summed E-state index contributed by atoms with van der Waals surface area (Å²) in [6, 6.07) is -0.0926. The summed E-state index contributed by atoms with van der Waals surface area (Å²) in [5.41, 5.74) is 0. The standard InChI is InChI=1S/C16H30N2O3/c1-13(18-8-4-2-3-5-9-18)16(20)17-12-15(19)14-6-10-21-11-7-14/h13-15,19H,2-12H2,1H3,(H,17,20). The Labute approximate surface area is 128 Å². The Bertz CT molecular complexity index is 311. The maximum Gasteiger partial charge on any atom is 0.237 e. The predicted octanol–water partition coefficient (Wildman–Crippen LogP) is 1.15. The van der Waals surface area contributed by atoms with Crippen LogP contribution in [-0.4, -0.2) is 60.9 Å². The molecule has 0 aromatic heterocycles. The van der Waals surface area contributed by atoms with Gasteiger partial charge in [0.25, 0.3) is 0 Å². The van der Waals surface area contributed by atoms with Crippen LogP contribution in [0.2, 0.25) is 0 Å². The molecule has 1 amide bonds. The number of carbonyl (C=O) groups is 1. The molecule has 21 heavy (non-hydrogen) atoms. The molecule has 5 nitrogen and oxygen atoms in total. The fraction of sp³-hybridized carbons (Fsp3) is 0.938. The van der Waals surface area contributed by atoms with Gasteiger partial charge in [-0.05, 0) is 51.6 Å². The Morgan fingerprint density at radius 1 is 1.24 bits per heavy atom. The van der Waals surface area contributed by atoms with Crippen LogP contribution in [0.25, 0.3) is 0 Å². The van der Waals surface area contributed by atoms with E-state index in [0.29, 0.717) is 6.54 Å². The van der Waals surface area contributed by atoms with Gasteiger partial charge in [0.05, 0.1) is 12.1 Å². The van der Waals surface area contributed by atoms with Crippen molar-refractivity contribution in [3.63, 3.8) is 0 Å². The molecule has 0 radical (unpaired) electrons. The number of likely N-dealkylation sites (tertiary alicyclic amines) is 1. The van der Waals surface area contributed by atoms with Crippen LogP contribution in [0.5, 0.6) is 0 Å². The van der Waals surface area contributed by atoms with E-state index >= 15 is 0 Å². The summed E-state index contributed by atoms with van der Waals surface area (Å²) in [7, 11) is 0. The molecule has 2 aliphatic rings. The highest BCUT2D eigenvalue weighted by molar-refractivity contribution is 5.81. The average Bonchev–Trinajstić information content (AvgIpc) is 2.81. The lowest BCUT2D eigenvalue weighted by atomic mass is 9.94. The van der Waals surface area contributed by atoms with Gasteiger partial charge in [0.15, 0.2) is 0 Å². The highest BCUT2D eigenvalue weighted by atomic mass is 16.5. The fourth-order valence-corrected chi connectivity index (χ4v) is 3.27. The summed E-state index contributed by atoms with van der Waals surface area (Å²) >= 11 is 0. The molecule has 0 aromatic carbocycles. The molecular weight excluding hydrogens is 268 g/mol. The van der Waals surface area contributed by atoms with Crippen molar-refractivity contribution >= 4 is 5.91 Å². The van der Waals surface area contributed by atoms with Crippen LogP contribution in [0.4, 0.5) is 0 Å². The van der Waals surface area contributed by atoms with E-state index in [1.807, 2.05) is 6.92 Å². The maximum absolute atomic E-state index is 12.3. The van der Waals surface area contributed by atoms with E-state index in [1.165, 1.54) is 25.7 Å². The molecule has 122 valence electrons. The second-order valence-corrected chi connectivity index (χ2v) is 6.39. The Kier molecular flexibility index (Phi) is 6.93. The first-order valence-corrected chi connectivity index (χ1v) is 8.46. The number of ether oxygens (including phenoxy) is 1. The van der Waals surface area contributed by atoms with E-state index in [2.05, 4.69) is 10.2 Å². The zero-order valence-electron chi connectivity index (χ0n) is 13.2. The fourth-order valence-electron chi connectivity index (χ4n) is 3.27. The minimum Gasteiger partial charge on any atom is -0.391 e. The van der Waals surface area contributed by atoms with Crippen LogP contribution < -0.4 is 5.32 Å². The zero-order valence-corrected chi connectivity index (χ0v) is 13.2. The number of carbonyl (C=O) groups excluding carboxylic acids is 1. The SMILES string of the molecule is CC(C(=O)NCC(O)C1CCOCC1)N1CCCCCC1. The van der Waals surface area contributed by atoms with E-state index in [4.69, 9.17) is 4.74 Å². The topological polar surface area (TPSA) is 61.8 Å². The highest BCUT2D eigenvalue weighted by Gasteiger charge is 2.25. The molecule has 2 atom stereocenters. The number of rotatable bonds is 5. The third-order valence-corrected chi connectivity index (χ3v) is 4.86. The molecule has 2 rings (SSSR count). The van der Waals surface area contributed by atoms with Crippen LogP contribution >= 0.6 is 0 Å². The summed E-state index contributed by atoms with van der Waals surface area (Å²) in [5.74, 6) is 0.301. The number of aliphatic hydroxyl groups is 1. The van der Waals surface area contributed by atoms with Crippen molar-refractivity contribution in [3.05, 3.63) is 0 Å². The van der Waals surface area contributed by atoms with Gasteiger partial charge in [-0.3, -0.25) is 9.69 Å². The first-order chi connectivity index (χ1) is 10.2. The first kappa shape index (κ1) is 16.7. The van der Waals surface area contributed by atoms with Gasteiger partial charge in [0, 0.05) is 19.8 Å². The normalized spacial score (nSPS) is 25.0. The Balaban J connectivity index is 1.72. The molecule has 0 bridgehead atoms. The molecule has 2 heterocycles. The van der Waals surface area contributed by atoms with Gasteiger partial charge in [0.2, 0.25) is 5.91 Å². The van der Waals surface area contributed by atoms with Crippen molar-refractivity contribution < 1.29 is 14.6 Å². The number of amides is 1. The van der Waals surface area contributed by atoms with Crippen LogP contribution in [0.15, 0.2) is 0 Å². The number of nitrogens with one attached hydrogen (secondary N) is 1. The molecule has 2 aliphatic heterocycles. The summed E-state index contributed by atoms with van der Waals surface area (Å²) in [6.07, 6.45) is 6.23. The van der Waals surface area contributed by atoms with Crippen LogP contribution in [0, 0.1) is 5.92 Å². The number of nitrogens with zero attached hydrogens (tertiary/aromatic N) is 1. The molecule has 0 aromatic rings. The van der Waals surface area contributed by atoms with Gasteiger partial charge in [-0.2, -0.15) is 0 Å².